The van der Waals surface area contributed by atoms with Crippen molar-refractivity contribution in [1.29, 1.82) is 0 Å². The van der Waals surface area contributed by atoms with Gasteiger partial charge in [0.1, 0.15) is 6.04 Å². The fourth-order valence-corrected chi connectivity index (χ4v) is 6.95. The van der Waals surface area contributed by atoms with Crippen LogP contribution in [0.3, 0.4) is 0 Å². The molecular weight excluding hydrogens is 649 g/mol. The van der Waals surface area contributed by atoms with Crippen molar-refractivity contribution in [1.82, 2.24) is 16.0 Å². The van der Waals surface area contributed by atoms with Crippen LogP contribution in [-0.2, 0) is 32.8 Å². The number of carbonyl (C=O) groups excluding carboxylic acids is 2. The topological polar surface area (TPSA) is 148 Å². The van der Waals surface area contributed by atoms with Crippen LogP contribution in [0.2, 0.25) is 0 Å². The van der Waals surface area contributed by atoms with E-state index in [0.29, 0.717) is 12.8 Å². The van der Waals surface area contributed by atoms with Gasteiger partial charge in [-0.25, -0.2) is 0 Å². The van der Waals surface area contributed by atoms with Gasteiger partial charge in [0.2, 0.25) is 22.1 Å². The molecule has 260 valence electrons. The van der Waals surface area contributed by atoms with E-state index < -0.39 is 34.0 Å². The number of carbonyl (C=O) groups is 2. The smallest absolute Gasteiger partial charge is 0.249 e. The van der Waals surface area contributed by atoms with Crippen LogP contribution in [0.15, 0.2) is 65.6 Å². The van der Waals surface area contributed by atoms with E-state index in [2.05, 4.69) is 22.0 Å². The Hall–Kier alpha value is -3.26. The zero-order valence-corrected chi connectivity index (χ0v) is 30.2. The number of aryl methyl sites for hydroxylation is 1. The quantitative estimate of drug-likeness (QED) is 0.167. The second kappa shape index (κ2) is 16.0. The summed E-state index contributed by atoms with van der Waals surface area (Å²) < 4.78 is 24.2. The molecule has 2 aromatic rings. The van der Waals surface area contributed by atoms with Crippen LogP contribution in [0.5, 0.6) is 0 Å². The van der Waals surface area contributed by atoms with Gasteiger partial charge in [-0.15, -0.1) is 11.8 Å². The van der Waals surface area contributed by atoms with Gasteiger partial charge in [-0.3, -0.25) is 9.59 Å². The standard InChI is InChI=1S/C36H48N4O6S2/c1-35(2,3)39-33-28(8-7-9-31(33)48(45)46)24-12-10-23(11-13-24)21-40-30-17-15-27(47-6)18-25(30)14-16-29(34(40)44)38-32(43)19-36(4,5)37-20-26(42)22-41/h7-13,15,17-18,26,29,33,37,39,41-42H,14,16,19-22H2,1-6H3,(H,38,43)/t26-,29+,33?/m0/s1. The molecule has 2 amide bonds. The molecule has 0 spiro atoms. The number of anilines is 1. The van der Waals surface area contributed by atoms with Gasteiger partial charge in [-0.05, 0) is 100 Å². The summed E-state index contributed by atoms with van der Waals surface area (Å²) in [6.45, 7) is 9.69. The van der Waals surface area contributed by atoms with Gasteiger partial charge >= 0.3 is 0 Å². The summed E-state index contributed by atoms with van der Waals surface area (Å²) in [5.74, 6) is -0.482. The predicted molar refractivity (Wildman–Crippen MR) is 194 cm³/mol. The van der Waals surface area contributed by atoms with E-state index >= 15 is 0 Å². The van der Waals surface area contributed by atoms with Crippen molar-refractivity contribution in [3.8, 4) is 0 Å². The Kier molecular flexibility index (Phi) is 12.5. The minimum atomic E-state index is -2.39. The van der Waals surface area contributed by atoms with Crippen LogP contribution in [0.1, 0.15) is 64.2 Å². The van der Waals surface area contributed by atoms with Crippen molar-refractivity contribution in [3.63, 3.8) is 0 Å². The molecule has 12 heteroatoms. The second-order valence-electron chi connectivity index (χ2n) is 14.0. The normalized spacial score (nSPS) is 19.0. The third-order valence-corrected chi connectivity index (χ3v) is 9.82. The molecule has 10 nitrogen and oxygen atoms in total. The molecule has 2 aliphatic rings. The first kappa shape index (κ1) is 37.6. The molecule has 5 N–H and O–H groups in total. The maximum absolute atomic E-state index is 14.2. The number of aliphatic hydroxyl groups is 2. The largest absolute Gasteiger partial charge is 0.394 e. The Labute approximate surface area is 289 Å². The molecule has 3 atom stereocenters. The molecule has 4 rings (SSSR count). The Morgan fingerprint density at radius 1 is 1.10 bits per heavy atom. The average Bonchev–Trinajstić information content (AvgIpc) is 3.15. The van der Waals surface area contributed by atoms with E-state index in [-0.39, 0.29) is 48.3 Å². The Bertz CT molecular complexity index is 1690. The van der Waals surface area contributed by atoms with Crippen LogP contribution in [-0.4, -0.2) is 84.0 Å². The summed E-state index contributed by atoms with van der Waals surface area (Å²) in [5.41, 5.74) is 3.43. The monoisotopic (exact) mass is 696 g/mol. The van der Waals surface area contributed by atoms with Crippen molar-refractivity contribution in [2.45, 2.75) is 94.6 Å². The molecule has 48 heavy (non-hydrogen) atoms. The Morgan fingerprint density at radius 3 is 2.44 bits per heavy atom. The first-order valence-corrected chi connectivity index (χ1v) is 18.4. The summed E-state index contributed by atoms with van der Waals surface area (Å²) in [5, 5.41) is 28.4. The van der Waals surface area contributed by atoms with E-state index in [1.54, 1.807) is 28.8 Å². The zero-order valence-electron chi connectivity index (χ0n) is 28.5. The average molecular weight is 697 g/mol. The van der Waals surface area contributed by atoms with Crippen LogP contribution in [0.4, 0.5) is 5.69 Å². The third kappa shape index (κ3) is 9.90. The minimum absolute atomic E-state index is 0.0785. The lowest BCUT2D eigenvalue weighted by Gasteiger charge is -2.31. The molecule has 0 saturated heterocycles. The number of benzene rings is 2. The number of fused-ring (bicyclic) bond motifs is 1. The number of nitrogens with zero attached hydrogens (tertiary/aromatic N) is 1. The molecule has 1 aliphatic heterocycles. The van der Waals surface area contributed by atoms with Gasteiger partial charge in [0, 0.05) is 34.6 Å². The lowest BCUT2D eigenvalue weighted by molar-refractivity contribution is -0.128. The van der Waals surface area contributed by atoms with Gasteiger partial charge in [0.05, 0.1) is 30.2 Å². The summed E-state index contributed by atoms with van der Waals surface area (Å²) in [6.07, 6.45) is 7.50. The van der Waals surface area contributed by atoms with Crippen molar-refractivity contribution < 1.29 is 28.2 Å². The lowest BCUT2D eigenvalue weighted by Crippen LogP contribution is -2.51. The van der Waals surface area contributed by atoms with Crippen molar-refractivity contribution in [2.24, 2.45) is 0 Å². The Morgan fingerprint density at radius 2 is 1.81 bits per heavy atom. The number of hydrogen-bond donors (Lipinski definition) is 5. The first-order valence-electron chi connectivity index (χ1n) is 16.1. The number of allylic oxidation sites excluding steroid dienone is 2. The van der Waals surface area contributed by atoms with Crippen LogP contribution >= 0.6 is 11.8 Å². The molecule has 0 radical (unpaired) electrons. The van der Waals surface area contributed by atoms with E-state index in [0.717, 1.165) is 32.8 Å². The highest BCUT2D eigenvalue weighted by atomic mass is 32.2. The van der Waals surface area contributed by atoms with Gasteiger partial charge < -0.3 is 31.1 Å². The minimum Gasteiger partial charge on any atom is -0.394 e. The van der Waals surface area contributed by atoms with Gasteiger partial charge in [-0.1, -0.05) is 36.4 Å². The highest BCUT2D eigenvalue weighted by Gasteiger charge is 2.33. The zero-order chi connectivity index (χ0) is 35.2. The molecule has 0 fully saturated rings. The predicted octanol–water partition coefficient (Wildman–Crippen LogP) is 3.25. The number of rotatable bonds is 12. The third-order valence-electron chi connectivity index (χ3n) is 8.34. The van der Waals surface area contributed by atoms with Crippen LogP contribution in [0, 0.1) is 0 Å². The molecule has 1 unspecified atom stereocenters. The van der Waals surface area contributed by atoms with Crippen molar-refractivity contribution in [3.05, 3.63) is 77.4 Å². The number of β-amino-alcohol motifs (C(OH)–C–C–N with tert-alkyl or cyclic N) is 1. The lowest BCUT2D eigenvalue weighted by atomic mass is 9.90. The van der Waals surface area contributed by atoms with Gasteiger partial charge in [0.25, 0.3) is 0 Å². The molecule has 2 aromatic carbocycles. The highest BCUT2D eigenvalue weighted by Crippen LogP contribution is 2.33. The van der Waals surface area contributed by atoms with Gasteiger partial charge in [-0.2, -0.15) is 8.42 Å². The van der Waals surface area contributed by atoms with E-state index in [1.807, 2.05) is 83.3 Å². The van der Waals surface area contributed by atoms with Crippen LogP contribution in [0.25, 0.3) is 5.57 Å². The summed E-state index contributed by atoms with van der Waals surface area (Å²) >= 11 is 1.63. The summed E-state index contributed by atoms with van der Waals surface area (Å²) in [6, 6.07) is 12.6. The molecule has 0 saturated carbocycles. The maximum atomic E-state index is 14.2. The molecule has 1 aliphatic carbocycles. The number of aliphatic hydroxyl groups excluding tert-OH is 2. The van der Waals surface area contributed by atoms with E-state index in [9.17, 15) is 23.1 Å². The molecule has 0 bridgehead atoms. The number of hydrogen-bond acceptors (Lipinski definition) is 9. The summed E-state index contributed by atoms with van der Waals surface area (Å²) in [7, 11) is -2.39. The maximum Gasteiger partial charge on any atom is 0.249 e. The second-order valence-corrected chi connectivity index (χ2v) is 15.8. The summed E-state index contributed by atoms with van der Waals surface area (Å²) in [4.78, 5) is 30.5. The first-order chi connectivity index (χ1) is 22.6. The van der Waals surface area contributed by atoms with Crippen LogP contribution < -0.4 is 20.9 Å². The SMILES string of the molecule is CSc1ccc2c(c1)CC[C@@H](NC(=O)CC(C)(C)NC[C@H](O)CO)C(=O)N2Cc1ccc(C2=CC=CC(=S(=O)=O)C2NC(C)(C)C)cc1. The van der Waals surface area contributed by atoms with Crippen molar-refractivity contribution in [2.75, 3.05) is 24.3 Å². The number of thioether (sulfide) groups is 1. The molecule has 0 aromatic heterocycles. The van der Waals surface area contributed by atoms with E-state index in [1.165, 1.54) is 0 Å². The van der Waals surface area contributed by atoms with Gasteiger partial charge in [0.15, 0.2) is 0 Å². The highest BCUT2D eigenvalue weighted by molar-refractivity contribution is 7.98. The fraction of sp³-hybridized carbons (Fsp3) is 0.472. The number of nitrogens with one attached hydrogen (secondary N) is 3. The number of amides is 2. The van der Waals surface area contributed by atoms with E-state index in [4.69, 9.17) is 5.11 Å². The van der Waals surface area contributed by atoms with Crippen molar-refractivity contribution >= 4 is 50.0 Å². The fourth-order valence-electron chi connectivity index (χ4n) is 5.92. The molecule has 1 heterocycles. The molecular formula is C36H48N4O6S2. The Balaban J connectivity index is 1.58.